The molecule has 0 unspecified atom stereocenters. The van der Waals surface area contributed by atoms with Gasteiger partial charge in [0.15, 0.2) is 18.1 Å². The Hall–Kier alpha value is -3.33. The third kappa shape index (κ3) is 4.89. The molecule has 28 heavy (non-hydrogen) atoms. The third-order valence-electron chi connectivity index (χ3n) is 3.45. The molecule has 144 valence electrons. The number of ether oxygens (including phenoxy) is 2. The normalized spacial score (nSPS) is 11.5. The van der Waals surface area contributed by atoms with Crippen molar-refractivity contribution in [3.63, 3.8) is 0 Å². The van der Waals surface area contributed by atoms with Crippen LogP contribution in [0.3, 0.4) is 0 Å². The molecule has 3 rings (SSSR count). The second kappa shape index (κ2) is 9.05. The van der Waals surface area contributed by atoms with Crippen molar-refractivity contribution in [2.24, 2.45) is 0 Å². The van der Waals surface area contributed by atoms with Crippen molar-refractivity contribution in [1.29, 1.82) is 0 Å². The Bertz CT molecular complexity index is 965. The standard InChI is InChI=1S/C19H18N4O4S/c1-13(2)27-17(24)12-26-19(25)16(11-15-9-6-10-28-15)23-18(20-21-22-23)14-7-4-3-5-8-14/h3-11,13H,12H2,1-2H3/b16-11-. The first-order valence-electron chi connectivity index (χ1n) is 8.50. The van der Waals surface area contributed by atoms with E-state index in [9.17, 15) is 9.59 Å². The lowest BCUT2D eigenvalue weighted by molar-refractivity contribution is -0.158. The Morgan fingerprint density at radius 1 is 1.18 bits per heavy atom. The molecule has 0 atom stereocenters. The topological polar surface area (TPSA) is 96.2 Å². The summed E-state index contributed by atoms with van der Waals surface area (Å²) in [5.41, 5.74) is 0.820. The lowest BCUT2D eigenvalue weighted by Gasteiger charge is -2.11. The number of esters is 2. The van der Waals surface area contributed by atoms with E-state index in [0.29, 0.717) is 5.82 Å². The predicted molar refractivity (Wildman–Crippen MR) is 104 cm³/mol. The molecule has 0 aliphatic rings. The van der Waals surface area contributed by atoms with Gasteiger partial charge in [-0.25, -0.2) is 9.59 Å². The molecule has 0 bridgehead atoms. The third-order valence-corrected chi connectivity index (χ3v) is 4.27. The second-order valence-electron chi connectivity index (χ2n) is 5.94. The van der Waals surface area contributed by atoms with E-state index in [4.69, 9.17) is 9.47 Å². The molecule has 8 nitrogen and oxygen atoms in total. The number of nitrogens with zero attached hydrogens (tertiary/aromatic N) is 4. The summed E-state index contributed by atoms with van der Waals surface area (Å²) < 4.78 is 11.4. The van der Waals surface area contributed by atoms with E-state index in [-0.39, 0.29) is 11.8 Å². The number of thiophene rings is 1. The molecule has 0 saturated carbocycles. The number of benzene rings is 1. The predicted octanol–water partition coefficient (Wildman–Crippen LogP) is 2.89. The van der Waals surface area contributed by atoms with Crippen LogP contribution in [-0.2, 0) is 19.1 Å². The van der Waals surface area contributed by atoms with Crippen LogP contribution >= 0.6 is 11.3 Å². The number of carbonyl (C=O) groups is 2. The van der Waals surface area contributed by atoms with Crippen LogP contribution in [0.25, 0.3) is 23.2 Å². The van der Waals surface area contributed by atoms with Crippen LogP contribution in [0.4, 0.5) is 0 Å². The molecule has 1 aromatic carbocycles. The van der Waals surface area contributed by atoms with Crippen molar-refractivity contribution in [2.45, 2.75) is 20.0 Å². The maximum absolute atomic E-state index is 12.7. The summed E-state index contributed by atoms with van der Waals surface area (Å²) in [7, 11) is 0. The smallest absolute Gasteiger partial charge is 0.357 e. The van der Waals surface area contributed by atoms with Crippen LogP contribution in [0.15, 0.2) is 47.8 Å². The van der Waals surface area contributed by atoms with E-state index in [1.54, 1.807) is 19.9 Å². The molecule has 3 aromatic rings. The van der Waals surface area contributed by atoms with E-state index in [1.807, 2.05) is 47.8 Å². The molecule has 0 fully saturated rings. The van der Waals surface area contributed by atoms with Gasteiger partial charge in [-0.1, -0.05) is 36.4 Å². The summed E-state index contributed by atoms with van der Waals surface area (Å²) in [5, 5.41) is 13.5. The van der Waals surface area contributed by atoms with Gasteiger partial charge in [0.2, 0.25) is 0 Å². The monoisotopic (exact) mass is 398 g/mol. The summed E-state index contributed by atoms with van der Waals surface area (Å²) in [6.07, 6.45) is 1.32. The van der Waals surface area contributed by atoms with Crippen LogP contribution in [0.5, 0.6) is 0 Å². The fourth-order valence-corrected chi connectivity index (χ4v) is 2.98. The molecule has 0 amide bonds. The zero-order valence-corrected chi connectivity index (χ0v) is 16.1. The Kier molecular flexibility index (Phi) is 6.28. The number of aromatic nitrogens is 4. The molecular weight excluding hydrogens is 380 g/mol. The van der Waals surface area contributed by atoms with Crippen LogP contribution < -0.4 is 0 Å². The molecule has 0 saturated heterocycles. The fourth-order valence-electron chi connectivity index (χ4n) is 2.33. The zero-order valence-electron chi connectivity index (χ0n) is 15.3. The first kappa shape index (κ1) is 19.4. The molecule has 9 heteroatoms. The van der Waals surface area contributed by atoms with Crippen molar-refractivity contribution in [1.82, 2.24) is 20.2 Å². The van der Waals surface area contributed by atoms with Crippen molar-refractivity contribution in [3.8, 4) is 11.4 Å². The van der Waals surface area contributed by atoms with Gasteiger partial charge in [-0.15, -0.1) is 16.4 Å². The number of carbonyl (C=O) groups excluding carboxylic acids is 2. The largest absolute Gasteiger partial charge is 0.460 e. The summed E-state index contributed by atoms with van der Waals surface area (Å²) in [5.74, 6) is -0.984. The van der Waals surface area contributed by atoms with Crippen LogP contribution in [0, 0.1) is 0 Å². The molecule has 0 aliphatic carbocycles. The quantitative estimate of drug-likeness (QED) is 0.446. The van der Waals surface area contributed by atoms with E-state index >= 15 is 0 Å². The van der Waals surface area contributed by atoms with Gasteiger partial charge in [-0.05, 0) is 41.8 Å². The van der Waals surface area contributed by atoms with Gasteiger partial charge in [-0.3, -0.25) is 0 Å². The average molecular weight is 398 g/mol. The highest BCUT2D eigenvalue weighted by Crippen LogP contribution is 2.22. The van der Waals surface area contributed by atoms with Crippen molar-refractivity contribution in [2.75, 3.05) is 6.61 Å². The van der Waals surface area contributed by atoms with Gasteiger partial charge in [0, 0.05) is 10.4 Å². The van der Waals surface area contributed by atoms with Gasteiger partial charge in [0.1, 0.15) is 0 Å². The van der Waals surface area contributed by atoms with Crippen molar-refractivity contribution in [3.05, 3.63) is 52.7 Å². The van der Waals surface area contributed by atoms with E-state index in [1.165, 1.54) is 16.0 Å². The minimum Gasteiger partial charge on any atom is -0.460 e. The Morgan fingerprint density at radius 3 is 2.64 bits per heavy atom. The van der Waals surface area contributed by atoms with Crippen molar-refractivity contribution < 1.29 is 19.1 Å². The van der Waals surface area contributed by atoms with Crippen LogP contribution in [0.1, 0.15) is 18.7 Å². The zero-order chi connectivity index (χ0) is 19.9. The fraction of sp³-hybridized carbons (Fsp3) is 0.211. The van der Waals surface area contributed by atoms with Gasteiger partial charge in [-0.2, -0.15) is 4.68 Å². The first-order valence-corrected chi connectivity index (χ1v) is 9.38. The highest BCUT2D eigenvalue weighted by atomic mass is 32.1. The summed E-state index contributed by atoms with van der Waals surface area (Å²) in [6, 6.07) is 12.9. The SMILES string of the molecule is CC(C)OC(=O)COC(=O)/C(=C/c1cccs1)n1nnnc1-c1ccccc1. The molecular formula is C19H18N4O4S. The molecule has 0 aliphatic heterocycles. The lowest BCUT2D eigenvalue weighted by atomic mass is 10.2. The minimum absolute atomic E-state index is 0.0867. The molecule has 0 spiro atoms. The van der Waals surface area contributed by atoms with Gasteiger partial charge < -0.3 is 9.47 Å². The summed E-state index contributed by atoms with van der Waals surface area (Å²) in [6.45, 7) is 2.94. The summed E-state index contributed by atoms with van der Waals surface area (Å²) >= 11 is 1.44. The number of tetrazole rings is 1. The maximum atomic E-state index is 12.7. The number of hydrogen-bond acceptors (Lipinski definition) is 8. The average Bonchev–Trinajstić information content (AvgIpc) is 3.36. The maximum Gasteiger partial charge on any atom is 0.357 e. The minimum atomic E-state index is -0.737. The van der Waals surface area contributed by atoms with E-state index in [2.05, 4.69) is 15.5 Å². The van der Waals surface area contributed by atoms with E-state index in [0.717, 1.165) is 10.4 Å². The number of rotatable bonds is 7. The second-order valence-corrected chi connectivity index (χ2v) is 6.92. The van der Waals surface area contributed by atoms with Gasteiger partial charge in [0.25, 0.3) is 0 Å². The molecule has 0 N–H and O–H groups in total. The van der Waals surface area contributed by atoms with Gasteiger partial charge in [0.05, 0.1) is 6.10 Å². The highest BCUT2D eigenvalue weighted by Gasteiger charge is 2.22. The first-order chi connectivity index (χ1) is 13.5. The van der Waals surface area contributed by atoms with Crippen LogP contribution in [0.2, 0.25) is 0 Å². The van der Waals surface area contributed by atoms with E-state index < -0.39 is 18.5 Å². The molecule has 2 heterocycles. The molecule has 2 aromatic heterocycles. The van der Waals surface area contributed by atoms with Crippen LogP contribution in [-0.4, -0.2) is 44.9 Å². The Labute approximate surface area is 165 Å². The van der Waals surface area contributed by atoms with Crippen molar-refractivity contribution >= 4 is 35.0 Å². The summed E-state index contributed by atoms with van der Waals surface area (Å²) in [4.78, 5) is 25.3. The highest BCUT2D eigenvalue weighted by molar-refractivity contribution is 7.10. The Morgan fingerprint density at radius 2 is 1.96 bits per heavy atom. The van der Waals surface area contributed by atoms with Gasteiger partial charge >= 0.3 is 11.9 Å². The molecule has 0 radical (unpaired) electrons. The number of hydrogen-bond donors (Lipinski definition) is 0. The Balaban J connectivity index is 1.91. The lowest BCUT2D eigenvalue weighted by Crippen LogP contribution is -2.22.